The van der Waals surface area contributed by atoms with Gasteiger partial charge in [0.15, 0.2) is 0 Å². The van der Waals surface area contributed by atoms with Crippen LogP contribution in [0.2, 0.25) is 0 Å². The molecule has 8 nitrogen and oxygen atoms in total. The lowest BCUT2D eigenvalue weighted by Crippen LogP contribution is -2.35. The van der Waals surface area contributed by atoms with Gasteiger partial charge in [0.2, 0.25) is 0 Å². The molecule has 3 aromatic heterocycles. The van der Waals surface area contributed by atoms with E-state index in [1.54, 1.807) is 0 Å². The largest absolute Gasteiger partial charge is 0.352 e. The molecule has 5 rings (SSSR count). The number of rotatable bonds is 7. The third-order valence-electron chi connectivity index (χ3n) is 6.44. The Labute approximate surface area is 192 Å². The van der Waals surface area contributed by atoms with Crippen LogP contribution in [0.15, 0.2) is 48.8 Å². The number of nitriles is 1. The molecular formula is C25H27N7O. The summed E-state index contributed by atoms with van der Waals surface area (Å²) in [7, 11) is 0. The number of aromatic nitrogens is 4. The second-order valence-corrected chi connectivity index (χ2v) is 8.48. The number of benzene rings is 1. The smallest absolute Gasteiger partial charge is 0.251 e. The summed E-state index contributed by atoms with van der Waals surface area (Å²) < 4.78 is 2.38. The number of carbonyl (C=O) groups is 1. The number of aromatic amines is 1. The monoisotopic (exact) mass is 441 g/mol. The summed E-state index contributed by atoms with van der Waals surface area (Å²) in [4.78, 5) is 27.5. The van der Waals surface area contributed by atoms with Crippen LogP contribution in [0, 0.1) is 11.3 Å². The first-order chi connectivity index (χ1) is 16.2. The lowest BCUT2D eigenvalue weighted by Gasteiger charge is -2.33. The van der Waals surface area contributed by atoms with Gasteiger partial charge in [0.25, 0.3) is 5.91 Å². The average molecular weight is 442 g/mol. The van der Waals surface area contributed by atoms with Gasteiger partial charge in [0, 0.05) is 62.2 Å². The van der Waals surface area contributed by atoms with Crippen LogP contribution in [0.3, 0.4) is 0 Å². The second kappa shape index (κ2) is 9.43. The fourth-order valence-electron chi connectivity index (χ4n) is 4.80. The number of imidazole rings is 1. The summed E-state index contributed by atoms with van der Waals surface area (Å²) in [5, 5.41) is 13.0. The molecule has 0 aliphatic carbocycles. The van der Waals surface area contributed by atoms with Crippen molar-refractivity contribution in [3.63, 3.8) is 0 Å². The van der Waals surface area contributed by atoms with Crippen LogP contribution in [0.1, 0.15) is 41.5 Å². The second-order valence-electron chi connectivity index (χ2n) is 8.48. The molecule has 1 aliphatic heterocycles. The molecule has 0 saturated carbocycles. The molecule has 33 heavy (non-hydrogen) atoms. The quantitative estimate of drug-likeness (QED) is 0.457. The van der Waals surface area contributed by atoms with E-state index in [1.807, 2.05) is 42.7 Å². The third-order valence-corrected chi connectivity index (χ3v) is 6.44. The van der Waals surface area contributed by atoms with E-state index < -0.39 is 0 Å². The van der Waals surface area contributed by atoms with Crippen molar-refractivity contribution in [2.75, 3.05) is 26.2 Å². The summed E-state index contributed by atoms with van der Waals surface area (Å²) in [6.45, 7) is 3.29. The van der Waals surface area contributed by atoms with Crippen molar-refractivity contribution in [2.24, 2.45) is 0 Å². The summed E-state index contributed by atoms with van der Waals surface area (Å²) in [5.74, 6) is 0.906. The first-order valence-electron chi connectivity index (χ1n) is 11.5. The molecule has 0 spiro atoms. The summed E-state index contributed by atoms with van der Waals surface area (Å²) >= 11 is 0. The minimum atomic E-state index is -0.0706. The summed E-state index contributed by atoms with van der Waals surface area (Å²) in [6.07, 6.45) is 6.98. The SMILES string of the molecule is N#CCCN1CCC(n2c(CCNC(=O)c3ccccc3)nc3cnc4[nH]ccc4c32)CC1. The highest BCUT2D eigenvalue weighted by Gasteiger charge is 2.25. The predicted octanol–water partition coefficient (Wildman–Crippen LogP) is 3.44. The van der Waals surface area contributed by atoms with Crippen LogP contribution in [-0.4, -0.2) is 56.5 Å². The molecule has 4 heterocycles. The van der Waals surface area contributed by atoms with E-state index in [4.69, 9.17) is 10.2 Å². The Bertz CT molecular complexity index is 1290. The van der Waals surface area contributed by atoms with Crippen molar-refractivity contribution < 1.29 is 4.79 Å². The van der Waals surface area contributed by atoms with Crippen molar-refractivity contribution in [2.45, 2.75) is 31.7 Å². The average Bonchev–Trinajstić information content (AvgIpc) is 3.48. The molecule has 4 aromatic rings. The minimum absolute atomic E-state index is 0.0706. The molecule has 1 aromatic carbocycles. The van der Waals surface area contributed by atoms with Gasteiger partial charge in [-0.05, 0) is 31.0 Å². The van der Waals surface area contributed by atoms with Gasteiger partial charge in [-0.1, -0.05) is 18.2 Å². The number of nitrogens with zero attached hydrogens (tertiary/aromatic N) is 5. The number of amides is 1. The molecule has 2 N–H and O–H groups in total. The molecule has 0 radical (unpaired) electrons. The Hall–Kier alpha value is -3.70. The molecule has 0 unspecified atom stereocenters. The number of carbonyl (C=O) groups excluding carboxylic acids is 1. The number of fused-ring (bicyclic) bond motifs is 3. The van der Waals surface area contributed by atoms with Crippen molar-refractivity contribution >= 4 is 28.0 Å². The lowest BCUT2D eigenvalue weighted by atomic mass is 10.0. The van der Waals surface area contributed by atoms with Gasteiger partial charge in [-0.2, -0.15) is 5.26 Å². The van der Waals surface area contributed by atoms with Crippen molar-refractivity contribution in [3.8, 4) is 6.07 Å². The molecule has 8 heteroatoms. The maximum Gasteiger partial charge on any atom is 0.251 e. The third kappa shape index (κ3) is 4.32. The Morgan fingerprint density at radius 1 is 1.21 bits per heavy atom. The van der Waals surface area contributed by atoms with E-state index >= 15 is 0 Å². The standard InChI is InChI=1S/C25H27N7O/c26-11-4-14-31-15-9-19(10-16-31)32-22(8-13-28-25(33)18-5-2-1-3-6-18)30-21-17-29-24-20(23(21)32)7-12-27-24/h1-3,5-7,12,17,19H,4,8-10,13-16H2,(H,27,29)(H,28,33). The fraction of sp³-hybridized carbons (Fsp3) is 0.360. The van der Waals surface area contributed by atoms with Gasteiger partial charge < -0.3 is 19.8 Å². The van der Waals surface area contributed by atoms with Gasteiger partial charge >= 0.3 is 0 Å². The molecule has 168 valence electrons. The Morgan fingerprint density at radius 3 is 2.82 bits per heavy atom. The highest BCUT2D eigenvalue weighted by molar-refractivity contribution is 6.01. The van der Waals surface area contributed by atoms with Crippen LogP contribution < -0.4 is 5.32 Å². The number of hydrogen-bond acceptors (Lipinski definition) is 5. The maximum absolute atomic E-state index is 12.5. The number of hydrogen-bond donors (Lipinski definition) is 2. The zero-order chi connectivity index (χ0) is 22.6. The van der Waals surface area contributed by atoms with Crippen molar-refractivity contribution in [1.82, 2.24) is 29.7 Å². The van der Waals surface area contributed by atoms with E-state index in [9.17, 15) is 4.79 Å². The van der Waals surface area contributed by atoms with Crippen LogP contribution >= 0.6 is 0 Å². The lowest BCUT2D eigenvalue weighted by molar-refractivity contribution is 0.0954. The molecule has 1 saturated heterocycles. The van der Waals surface area contributed by atoms with E-state index in [0.717, 1.165) is 60.4 Å². The number of H-pyrrole nitrogens is 1. The zero-order valence-electron chi connectivity index (χ0n) is 18.5. The number of nitrogens with one attached hydrogen (secondary N) is 2. The Kier molecular flexibility index (Phi) is 6.05. The van der Waals surface area contributed by atoms with Crippen LogP contribution in [0.5, 0.6) is 0 Å². The van der Waals surface area contributed by atoms with Crippen LogP contribution in [0.25, 0.3) is 22.1 Å². The Morgan fingerprint density at radius 2 is 2.03 bits per heavy atom. The summed E-state index contributed by atoms with van der Waals surface area (Å²) in [5.41, 5.74) is 3.52. The predicted molar refractivity (Wildman–Crippen MR) is 127 cm³/mol. The van der Waals surface area contributed by atoms with Crippen molar-refractivity contribution in [1.29, 1.82) is 5.26 Å². The van der Waals surface area contributed by atoms with Gasteiger partial charge in [-0.25, -0.2) is 9.97 Å². The molecule has 1 aliphatic rings. The summed E-state index contributed by atoms with van der Waals surface area (Å²) in [6, 6.07) is 13.9. The Balaban J connectivity index is 1.40. The van der Waals surface area contributed by atoms with Crippen LogP contribution in [-0.2, 0) is 6.42 Å². The zero-order valence-corrected chi connectivity index (χ0v) is 18.5. The molecular weight excluding hydrogens is 414 g/mol. The molecule has 0 atom stereocenters. The number of pyridine rings is 1. The molecule has 1 amide bonds. The van der Waals surface area contributed by atoms with Crippen LogP contribution in [0.4, 0.5) is 0 Å². The van der Waals surface area contributed by atoms with E-state index in [1.165, 1.54) is 0 Å². The topological polar surface area (TPSA) is 103 Å². The highest BCUT2D eigenvalue weighted by atomic mass is 16.1. The van der Waals surface area contributed by atoms with E-state index in [0.29, 0.717) is 31.0 Å². The molecule has 0 bridgehead atoms. The van der Waals surface area contributed by atoms with Gasteiger partial charge in [0.05, 0.1) is 17.8 Å². The first-order valence-corrected chi connectivity index (χ1v) is 11.5. The van der Waals surface area contributed by atoms with Gasteiger partial charge in [-0.3, -0.25) is 4.79 Å². The van der Waals surface area contributed by atoms with Gasteiger partial charge in [0.1, 0.15) is 17.0 Å². The van der Waals surface area contributed by atoms with Crippen molar-refractivity contribution in [3.05, 3.63) is 60.2 Å². The molecule has 1 fully saturated rings. The van der Waals surface area contributed by atoms with Gasteiger partial charge in [-0.15, -0.1) is 0 Å². The maximum atomic E-state index is 12.5. The number of piperidine rings is 1. The van der Waals surface area contributed by atoms with E-state index in [-0.39, 0.29) is 5.91 Å². The minimum Gasteiger partial charge on any atom is -0.352 e. The normalized spacial score (nSPS) is 15.1. The fourth-order valence-corrected chi connectivity index (χ4v) is 4.80. The first kappa shape index (κ1) is 21.2. The number of likely N-dealkylation sites (tertiary alicyclic amines) is 1. The van der Waals surface area contributed by atoms with E-state index in [2.05, 4.69) is 36.9 Å². The highest BCUT2D eigenvalue weighted by Crippen LogP contribution is 2.32.